The number of amides is 3. The number of hydrogen-bond acceptors (Lipinski definition) is 6. The van der Waals surface area contributed by atoms with Crippen LogP contribution in [0.15, 0.2) is 84.9 Å². The second-order valence-electron chi connectivity index (χ2n) is 11.9. The second-order valence-corrected chi connectivity index (χ2v) is 11.9. The number of unbranched alkanes of at least 4 members (excludes halogenated alkanes) is 2. The molecule has 0 radical (unpaired) electrons. The van der Waals surface area contributed by atoms with E-state index in [4.69, 9.17) is 10.5 Å². The maximum atomic E-state index is 13.6. The van der Waals surface area contributed by atoms with Crippen LogP contribution in [0, 0.1) is 5.92 Å². The van der Waals surface area contributed by atoms with Gasteiger partial charge in [-0.05, 0) is 80.2 Å². The van der Waals surface area contributed by atoms with Crippen molar-refractivity contribution in [1.29, 1.82) is 0 Å². The van der Waals surface area contributed by atoms with Gasteiger partial charge in [-0.1, -0.05) is 98.3 Å². The minimum atomic E-state index is -1.16. The number of carbonyl (C=O) groups excluding carboxylic acids is 3. The van der Waals surface area contributed by atoms with Crippen LogP contribution >= 0.6 is 0 Å². The van der Waals surface area contributed by atoms with Crippen molar-refractivity contribution in [1.82, 2.24) is 16.0 Å². The molecule has 0 spiro atoms. The highest BCUT2D eigenvalue weighted by atomic mass is 16.5. The molecule has 1 unspecified atom stereocenters. The summed E-state index contributed by atoms with van der Waals surface area (Å²) in [5, 5.41) is 17.8. The summed E-state index contributed by atoms with van der Waals surface area (Å²) in [4.78, 5) is 51.6. The van der Waals surface area contributed by atoms with E-state index in [0.717, 1.165) is 35.1 Å². The predicted octanol–water partition coefficient (Wildman–Crippen LogP) is 5.59. The van der Waals surface area contributed by atoms with Crippen LogP contribution in [-0.4, -0.2) is 54.2 Å². The molecule has 3 atom stereocenters. The number of benzene rings is 3. The number of hydrogen-bond donors (Lipinski definition) is 5. The van der Waals surface area contributed by atoms with Crippen LogP contribution < -0.4 is 21.7 Å². The van der Waals surface area contributed by atoms with Gasteiger partial charge in [0.1, 0.15) is 12.1 Å². The Morgan fingerprint density at radius 1 is 0.771 bits per heavy atom. The summed E-state index contributed by atoms with van der Waals surface area (Å²) in [5.41, 5.74) is 9.45. The molecule has 10 heteroatoms. The molecule has 0 heterocycles. The number of carboxylic acids is 1. The molecule has 0 saturated heterocycles. The molecule has 3 aromatic carbocycles. The Hall–Kier alpha value is -4.70. The maximum absolute atomic E-state index is 13.6. The van der Waals surface area contributed by atoms with Crippen molar-refractivity contribution in [2.45, 2.75) is 83.3 Å². The highest BCUT2D eigenvalue weighted by Crippen LogP contribution is 2.23. The van der Waals surface area contributed by atoms with E-state index >= 15 is 0 Å². The van der Waals surface area contributed by atoms with E-state index in [1.165, 1.54) is 0 Å². The van der Waals surface area contributed by atoms with Crippen molar-refractivity contribution in [2.24, 2.45) is 11.7 Å². The SMILES string of the molecule is CCCCOC(=O)[C@H](CCCC(NC(=O)N[C@@H](CCCCN)C(=O)O)C(=O)NCc1ccccc1-c1ccccc1)Cc1ccccc1. The number of urea groups is 1. The molecule has 0 aliphatic rings. The minimum absolute atomic E-state index is 0.217. The van der Waals surface area contributed by atoms with E-state index in [2.05, 4.69) is 16.0 Å². The fourth-order valence-corrected chi connectivity index (χ4v) is 5.46. The average Bonchev–Trinajstić information content (AvgIpc) is 3.10. The van der Waals surface area contributed by atoms with E-state index in [1.807, 2.05) is 91.9 Å². The van der Waals surface area contributed by atoms with Crippen LogP contribution in [0.25, 0.3) is 11.1 Å². The number of aliphatic carboxylic acids is 1. The number of esters is 1. The molecule has 258 valence electrons. The molecular weight excluding hydrogens is 608 g/mol. The highest BCUT2D eigenvalue weighted by Gasteiger charge is 2.26. The van der Waals surface area contributed by atoms with Gasteiger partial charge in [-0.15, -0.1) is 0 Å². The van der Waals surface area contributed by atoms with Crippen molar-refractivity contribution in [3.63, 3.8) is 0 Å². The van der Waals surface area contributed by atoms with E-state index in [0.29, 0.717) is 45.3 Å². The van der Waals surface area contributed by atoms with Crippen molar-refractivity contribution >= 4 is 23.9 Å². The van der Waals surface area contributed by atoms with Crippen molar-refractivity contribution in [3.8, 4) is 11.1 Å². The summed E-state index contributed by atoms with van der Waals surface area (Å²) >= 11 is 0. The van der Waals surface area contributed by atoms with Gasteiger partial charge in [0, 0.05) is 6.54 Å². The lowest BCUT2D eigenvalue weighted by Gasteiger charge is -2.22. The Morgan fingerprint density at radius 3 is 2.10 bits per heavy atom. The average molecular weight is 659 g/mol. The molecule has 3 amide bonds. The highest BCUT2D eigenvalue weighted by molar-refractivity contribution is 5.89. The number of carbonyl (C=O) groups is 4. The third kappa shape index (κ3) is 13.2. The summed E-state index contributed by atoms with van der Waals surface area (Å²) in [5.74, 6) is -2.27. The lowest BCUT2D eigenvalue weighted by Crippen LogP contribution is -2.53. The molecule has 10 nitrogen and oxygen atoms in total. The van der Waals surface area contributed by atoms with Gasteiger partial charge in [-0.3, -0.25) is 9.59 Å². The second kappa shape index (κ2) is 21.2. The topological polar surface area (TPSA) is 160 Å². The minimum Gasteiger partial charge on any atom is -0.480 e. The van der Waals surface area contributed by atoms with Gasteiger partial charge in [0.05, 0.1) is 12.5 Å². The molecule has 48 heavy (non-hydrogen) atoms. The standard InChI is InChI=1S/C38H50N4O6/c1-2-3-25-48-37(46)30(26-28-15-6-4-7-16-28)20-14-23-33(41-38(47)42-34(36(44)45)22-12-13-24-39)35(43)40-27-31-19-10-11-21-32(31)29-17-8-5-9-18-29/h4-11,15-19,21,30,33-34H,2-3,12-14,20,22-27,39H2,1H3,(H,40,43)(H,44,45)(H2,41,42,47)/t30-,33?,34+/m1/s1. The Morgan fingerprint density at radius 2 is 1.42 bits per heavy atom. The van der Waals surface area contributed by atoms with Crippen LogP contribution in [0.3, 0.4) is 0 Å². The van der Waals surface area contributed by atoms with Crippen LogP contribution in [0.2, 0.25) is 0 Å². The zero-order valence-corrected chi connectivity index (χ0v) is 27.9. The predicted molar refractivity (Wildman–Crippen MR) is 187 cm³/mol. The number of nitrogens with two attached hydrogens (primary N) is 1. The molecule has 0 saturated carbocycles. The van der Waals surface area contributed by atoms with Gasteiger partial charge in [0.25, 0.3) is 0 Å². The van der Waals surface area contributed by atoms with Crippen molar-refractivity contribution in [2.75, 3.05) is 13.2 Å². The first-order chi connectivity index (χ1) is 23.3. The summed E-state index contributed by atoms with van der Waals surface area (Å²) in [7, 11) is 0. The van der Waals surface area contributed by atoms with Gasteiger partial charge in [-0.25, -0.2) is 9.59 Å². The largest absolute Gasteiger partial charge is 0.480 e. The number of rotatable bonds is 21. The van der Waals surface area contributed by atoms with Gasteiger partial charge in [0.15, 0.2) is 0 Å². The first kappa shape index (κ1) is 37.8. The molecule has 0 aromatic heterocycles. The smallest absolute Gasteiger partial charge is 0.326 e. The molecule has 0 bridgehead atoms. The van der Waals surface area contributed by atoms with Crippen molar-refractivity contribution in [3.05, 3.63) is 96.1 Å². The third-order valence-corrected chi connectivity index (χ3v) is 8.17. The summed E-state index contributed by atoms with van der Waals surface area (Å²) in [6.45, 7) is 3.03. The van der Waals surface area contributed by atoms with Crippen molar-refractivity contribution < 1.29 is 29.0 Å². The summed E-state index contributed by atoms with van der Waals surface area (Å²) in [6.07, 6.45) is 4.69. The van der Waals surface area contributed by atoms with Crippen LogP contribution in [0.1, 0.15) is 69.4 Å². The Labute approximate surface area is 283 Å². The van der Waals surface area contributed by atoms with Crippen LogP contribution in [-0.2, 0) is 32.1 Å². The van der Waals surface area contributed by atoms with E-state index in [-0.39, 0.29) is 25.4 Å². The molecule has 6 N–H and O–H groups in total. The summed E-state index contributed by atoms with van der Waals surface area (Å²) in [6, 6.07) is 24.5. The summed E-state index contributed by atoms with van der Waals surface area (Å²) < 4.78 is 5.57. The van der Waals surface area contributed by atoms with Gasteiger partial charge < -0.3 is 31.5 Å². The number of carboxylic acid groups (broad SMARTS) is 1. The first-order valence-corrected chi connectivity index (χ1v) is 16.9. The Bertz CT molecular complexity index is 1420. The Balaban J connectivity index is 1.73. The van der Waals surface area contributed by atoms with Gasteiger partial charge in [0.2, 0.25) is 5.91 Å². The quantitative estimate of drug-likeness (QED) is 0.0737. The lowest BCUT2D eigenvalue weighted by molar-refractivity contribution is -0.149. The zero-order valence-electron chi connectivity index (χ0n) is 27.9. The monoisotopic (exact) mass is 658 g/mol. The molecule has 3 aromatic rings. The van der Waals surface area contributed by atoms with E-state index in [1.54, 1.807) is 0 Å². The van der Waals surface area contributed by atoms with E-state index in [9.17, 15) is 24.3 Å². The van der Waals surface area contributed by atoms with Gasteiger partial charge in [-0.2, -0.15) is 0 Å². The van der Waals surface area contributed by atoms with E-state index < -0.39 is 35.9 Å². The lowest BCUT2D eigenvalue weighted by atomic mass is 9.93. The fraction of sp³-hybridized carbons (Fsp3) is 0.421. The molecule has 0 aliphatic carbocycles. The first-order valence-electron chi connectivity index (χ1n) is 16.9. The molecular formula is C38H50N4O6. The normalized spacial score (nSPS) is 12.7. The van der Waals surface area contributed by atoms with Crippen LogP contribution in [0.5, 0.6) is 0 Å². The zero-order chi connectivity index (χ0) is 34.6. The number of ether oxygens (including phenoxy) is 1. The van der Waals surface area contributed by atoms with Gasteiger partial charge >= 0.3 is 18.0 Å². The molecule has 0 aliphatic heterocycles. The Kier molecular flexibility index (Phi) is 16.7. The third-order valence-electron chi connectivity index (χ3n) is 8.17. The number of nitrogens with one attached hydrogen (secondary N) is 3. The molecule has 3 rings (SSSR count). The van der Waals surface area contributed by atoms with Crippen LogP contribution in [0.4, 0.5) is 4.79 Å². The maximum Gasteiger partial charge on any atom is 0.326 e. The molecule has 0 fully saturated rings. The fourth-order valence-electron chi connectivity index (χ4n) is 5.46.